The molecule has 1 nitrogen and oxygen atoms in total. The Balaban J connectivity index is 2.39. The number of rotatable bonds is 1. The molecular formula is C14H20O. The van der Waals surface area contributed by atoms with Gasteiger partial charge in [0.25, 0.3) is 0 Å². The van der Waals surface area contributed by atoms with E-state index in [1.807, 2.05) is 0 Å². The zero-order valence-corrected chi connectivity index (χ0v) is 9.88. The molecule has 0 aromatic heterocycles. The van der Waals surface area contributed by atoms with E-state index in [1.54, 1.807) is 0 Å². The van der Waals surface area contributed by atoms with Gasteiger partial charge in [0.15, 0.2) is 0 Å². The average Bonchev–Trinajstić information content (AvgIpc) is 2.58. The molecule has 0 amide bonds. The van der Waals surface area contributed by atoms with Crippen molar-refractivity contribution in [3.05, 3.63) is 34.4 Å². The summed E-state index contributed by atoms with van der Waals surface area (Å²) >= 11 is 0. The number of hydrogen-bond acceptors (Lipinski definition) is 1. The van der Waals surface area contributed by atoms with Crippen LogP contribution in [-0.2, 0) is 0 Å². The van der Waals surface area contributed by atoms with E-state index in [2.05, 4.69) is 32.9 Å². The van der Waals surface area contributed by atoms with Gasteiger partial charge >= 0.3 is 0 Å². The monoisotopic (exact) mass is 204 g/mol. The van der Waals surface area contributed by atoms with E-state index in [1.165, 1.54) is 22.3 Å². The van der Waals surface area contributed by atoms with E-state index in [9.17, 15) is 5.11 Å². The number of aliphatic hydroxyl groups is 1. The summed E-state index contributed by atoms with van der Waals surface area (Å²) in [6.07, 6.45) is 3.16. The minimum atomic E-state index is -0.120. The maximum Gasteiger partial charge on any atom is 0.0608 e. The maximum absolute atomic E-state index is 9.93. The molecule has 0 bridgehead atoms. The van der Waals surface area contributed by atoms with Gasteiger partial charge in [-0.15, -0.1) is 0 Å². The van der Waals surface area contributed by atoms with Gasteiger partial charge in [0, 0.05) is 5.92 Å². The first-order chi connectivity index (χ1) is 7.09. The molecule has 0 saturated heterocycles. The molecule has 1 aliphatic carbocycles. The Hall–Kier alpha value is -0.820. The second-order valence-corrected chi connectivity index (χ2v) is 4.90. The predicted octanol–water partition coefficient (Wildman–Crippen LogP) is 3.24. The Bertz CT molecular complexity index is 368. The third kappa shape index (κ3) is 1.93. The fourth-order valence-corrected chi connectivity index (χ4v) is 2.69. The number of aryl methyl sites for hydroxylation is 3. The van der Waals surface area contributed by atoms with Crippen molar-refractivity contribution in [3.8, 4) is 0 Å². The van der Waals surface area contributed by atoms with Crippen molar-refractivity contribution in [3.63, 3.8) is 0 Å². The van der Waals surface area contributed by atoms with E-state index in [0.29, 0.717) is 5.92 Å². The molecule has 2 rings (SSSR count). The number of aliphatic hydroxyl groups excluding tert-OH is 1. The molecule has 1 N–H and O–H groups in total. The Kier molecular flexibility index (Phi) is 2.83. The Morgan fingerprint density at radius 1 is 1.00 bits per heavy atom. The van der Waals surface area contributed by atoms with E-state index in [-0.39, 0.29) is 6.10 Å². The van der Waals surface area contributed by atoms with Gasteiger partial charge in [-0.05, 0) is 55.9 Å². The van der Waals surface area contributed by atoms with Gasteiger partial charge in [-0.2, -0.15) is 0 Å². The van der Waals surface area contributed by atoms with Crippen LogP contribution in [0, 0.1) is 20.8 Å². The summed E-state index contributed by atoms with van der Waals surface area (Å²) in [6, 6.07) is 4.51. The van der Waals surface area contributed by atoms with Crippen molar-refractivity contribution >= 4 is 0 Å². The zero-order valence-electron chi connectivity index (χ0n) is 9.88. The fourth-order valence-electron chi connectivity index (χ4n) is 2.69. The van der Waals surface area contributed by atoms with Crippen LogP contribution in [0.3, 0.4) is 0 Å². The molecule has 15 heavy (non-hydrogen) atoms. The predicted molar refractivity (Wildman–Crippen MR) is 63.3 cm³/mol. The lowest BCUT2D eigenvalue weighted by Gasteiger charge is -2.19. The van der Waals surface area contributed by atoms with Gasteiger partial charge in [0.2, 0.25) is 0 Å². The molecule has 1 heteroatoms. The number of hydrogen-bond donors (Lipinski definition) is 1. The molecule has 1 aliphatic rings. The zero-order chi connectivity index (χ0) is 11.0. The normalized spacial score (nSPS) is 25.9. The van der Waals surface area contributed by atoms with Gasteiger partial charge in [-0.25, -0.2) is 0 Å². The summed E-state index contributed by atoms with van der Waals surface area (Å²) in [5.41, 5.74) is 5.39. The summed E-state index contributed by atoms with van der Waals surface area (Å²) in [4.78, 5) is 0. The quantitative estimate of drug-likeness (QED) is 0.744. The molecule has 82 valence electrons. The van der Waals surface area contributed by atoms with E-state index >= 15 is 0 Å². The van der Waals surface area contributed by atoms with Gasteiger partial charge in [0.05, 0.1) is 6.10 Å². The third-order valence-electron chi connectivity index (χ3n) is 3.76. The van der Waals surface area contributed by atoms with Gasteiger partial charge in [0.1, 0.15) is 0 Å². The SMILES string of the molecule is Cc1cc(C)c([C@H]2CCC[C@@H]2O)cc1C. The molecule has 0 heterocycles. The Morgan fingerprint density at radius 2 is 1.67 bits per heavy atom. The minimum absolute atomic E-state index is 0.120. The van der Waals surface area contributed by atoms with Crippen LogP contribution in [0.5, 0.6) is 0 Å². The molecule has 0 aliphatic heterocycles. The molecule has 1 aromatic rings. The molecule has 0 radical (unpaired) electrons. The minimum Gasteiger partial charge on any atom is -0.392 e. The van der Waals surface area contributed by atoms with Gasteiger partial charge in [-0.1, -0.05) is 18.6 Å². The van der Waals surface area contributed by atoms with Crippen LogP contribution in [-0.4, -0.2) is 11.2 Å². The highest BCUT2D eigenvalue weighted by Gasteiger charge is 2.27. The summed E-state index contributed by atoms with van der Waals surface area (Å²) in [5, 5.41) is 9.93. The summed E-state index contributed by atoms with van der Waals surface area (Å²) in [5.74, 6) is 0.379. The molecule has 1 saturated carbocycles. The first-order valence-corrected chi connectivity index (χ1v) is 5.85. The van der Waals surface area contributed by atoms with E-state index < -0.39 is 0 Å². The Labute approximate surface area is 92.1 Å². The standard InChI is InChI=1S/C14H20O/c1-9-7-11(3)13(8-10(9)2)12-5-4-6-14(12)15/h7-8,12,14-15H,4-6H2,1-3H3/t12-,14+/m1/s1. The largest absolute Gasteiger partial charge is 0.392 e. The Morgan fingerprint density at radius 3 is 2.27 bits per heavy atom. The second-order valence-electron chi connectivity index (χ2n) is 4.90. The number of benzene rings is 1. The van der Waals surface area contributed by atoms with Crippen molar-refractivity contribution < 1.29 is 5.11 Å². The molecular weight excluding hydrogens is 184 g/mol. The summed E-state index contributed by atoms with van der Waals surface area (Å²) in [6.45, 7) is 6.46. The lowest BCUT2D eigenvalue weighted by atomic mass is 9.89. The average molecular weight is 204 g/mol. The highest BCUT2D eigenvalue weighted by Crippen LogP contribution is 2.36. The lowest BCUT2D eigenvalue weighted by Crippen LogP contribution is -2.12. The van der Waals surface area contributed by atoms with Crippen LogP contribution >= 0.6 is 0 Å². The summed E-state index contributed by atoms with van der Waals surface area (Å²) in [7, 11) is 0. The van der Waals surface area contributed by atoms with E-state index in [4.69, 9.17) is 0 Å². The molecule has 0 spiro atoms. The van der Waals surface area contributed by atoms with Crippen LogP contribution in [0.25, 0.3) is 0 Å². The van der Waals surface area contributed by atoms with Crippen LogP contribution in [0.1, 0.15) is 47.4 Å². The maximum atomic E-state index is 9.93. The van der Waals surface area contributed by atoms with Crippen LogP contribution in [0.4, 0.5) is 0 Å². The first kappa shape index (κ1) is 10.7. The van der Waals surface area contributed by atoms with Crippen molar-refractivity contribution in [2.45, 2.75) is 52.1 Å². The van der Waals surface area contributed by atoms with Gasteiger partial charge < -0.3 is 5.11 Å². The highest BCUT2D eigenvalue weighted by atomic mass is 16.3. The summed E-state index contributed by atoms with van der Waals surface area (Å²) < 4.78 is 0. The van der Waals surface area contributed by atoms with Crippen molar-refractivity contribution in [2.75, 3.05) is 0 Å². The van der Waals surface area contributed by atoms with E-state index in [0.717, 1.165) is 19.3 Å². The smallest absolute Gasteiger partial charge is 0.0608 e. The van der Waals surface area contributed by atoms with Crippen LogP contribution < -0.4 is 0 Å². The molecule has 1 aromatic carbocycles. The van der Waals surface area contributed by atoms with Crippen molar-refractivity contribution in [2.24, 2.45) is 0 Å². The topological polar surface area (TPSA) is 20.2 Å². The third-order valence-corrected chi connectivity index (χ3v) is 3.76. The highest BCUT2D eigenvalue weighted by molar-refractivity contribution is 5.39. The molecule has 1 fully saturated rings. The van der Waals surface area contributed by atoms with Crippen molar-refractivity contribution in [1.29, 1.82) is 0 Å². The second kappa shape index (κ2) is 3.97. The van der Waals surface area contributed by atoms with Gasteiger partial charge in [-0.3, -0.25) is 0 Å². The molecule has 0 unspecified atom stereocenters. The van der Waals surface area contributed by atoms with Crippen molar-refractivity contribution in [1.82, 2.24) is 0 Å². The van der Waals surface area contributed by atoms with Crippen LogP contribution in [0.2, 0.25) is 0 Å². The lowest BCUT2D eigenvalue weighted by molar-refractivity contribution is 0.163. The fraction of sp³-hybridized carbons (Fsp3) is 0.571. The first-order valence-electron chi connectivity index (χ1n) is 5.85. The van der Waals surface area contributed by atoms with Crippen LogP contribution in [0.15, 0.2) is 12.1 Å². The molecule has 2 atom stereocenters.